The molecule has 150 valence electrons. The van der Waals surface area contributed by atoms with Gasteiger partial charge in [0.2, 0.25) is 0 Å². The minimum atomic E-state index is -0.371. The van der Waals surface area contributed by atoms with Gasteiger partial charge in [-0.3, -0.25) is 14.5 Å². The standard InChI is InChI=1S/C24H25FN2O2/c1-26(19-9-7-4-8-10-19)22-21(17-13-15-18(25)16-14-17)23(28)27(24(22)29)20-11-5-2-3-6-12-20/h4,7-10,13-16,20H,2-3,5-6,11-12H2,1H3. The number of hydrogen-bond acceptors (Lipinski definition) is 3. The molecule has 0 atom stereocenters. The molecule has 0 unspecified atom stereocenters. The van der Waals surface area contributed by atoms with Gasteiger partial charge in [0, 0.05) is 18.8 Å². The topological polar surface area (TPSA) is 40.6 Å². The molecule has 5 heteroatoms. The highest BCUT2D eigenvalue weighted by molar-refractivity contribution is 6.36. The van der Waals surface area contributed by atoms with Crippen LogP contribution >= 0.6 is 0 Å². The smallest absolute Gasteiger partial charge is 0.278 e. The molecule has 0 aromatic heterocycles. The summed E-state index contributed by atoms with van der Waals surface area (Å²) in [7, 11) is 1.80. The van der Waals surface area contributed by atoms with Gasteiger partial charge >= 0.3 is 0 Å². The van der Waals surface area contributed by atoms with Crippen LogP contribution in [0.2, 0.25) is 0 Å². The van der Waals surface area contributed by atoms with Crippen molar-refractivity contribution < 1.29 is 14.0 Å². The van der Waals surface area contributed by atoms with Crippen LogP contribution in [-0.2, 0) is 9.59 Å². The first kappa shape index (κ1) is 19.4. The van der Waals surface area contributed by atoms with E-state index in [9.17, 15) is 14.0 Å². The first-order chi connectivity index (χ1) is 14.1. The fourth-order valence-corrected chi connectivity index (χ4v) is 4.35. The molecule has 1 fully saturated rings. The highest BCUT2D eigenvalue weighted by Crippen LogP contribution is 2.36. The summed E-state index contributed by atoms with van der Waals surface area (Å²) in [4.78, 5) is 30.2. The van der Waals surface area contributed by atoms with Crippen molar-refractivity contribution in [2.24, 2.45) is 0 Å². The summed E-state index contributed by atoms with van der Waals surface area (Å²) >= 11 is 0. The Hall–Kier alpha value is -2.95. The quantitative estimate of drug-likeness (QED) is 0.556. The summed E-state index contributed by atoms with van der Waals surface area (Å²) in [5.74, 6) is -0.899. The molecule has 0 radical (unpaired) electrons. The molecule has 4 rings (SSSR count). The van der Waals surface area contributed by atoms with Gasteiger partial charge in [0.05, 0.1) is 5.57 Å². The fourth-order valence-electron chi connectivity index (χ4n) is 4.35. The number of nitrogens with zero attached hydrogens (tertiary/aromatic N) is 2. The van der Waals surface area contributed by atoms with Gasteiger partial charge in [0.1, 0.15) is 11.5 Å². The van der Waals surface area contributed by atoms with Crippen LogP contribution in [0.25, 0.3) is 5.57 Å². The summed E-state index contributed by atoms with van der Waals surface area (Å²) in [6.07, 6.45) is 6.02. The average Bonchev–Trinajstić information content (AvgIpc) is 2.90. The summed E-state index contributed by atoms with van der Waals surface area (Å²) in [5, 5.41) is 0. The van der Waals surface area contributed by atoms with Crippen LogP contribution < -0.4 is 4.90 Å². The number of rotatable bonds is 4. The number of benzene rings is 2. The normalized spacial score (nSPS) is 18.3. The van der Waals surface area contributed by atoms with E-state index in [2.05, 4.69) is 0 Å². The zero-order valence-electron chi connectivity index (χ0n) is 16.6. The molecule has 0 N–H and O–H groups in total. The average molecular weight is 392 g/mol. The van der Waals surface area contributed by atoms with E-state index in [4.69, 9.17) is 0 Å². The summed E-state index contributed by atoms with van der Waals surface area (Å²) in [6, 6.07) is 15.2. The third-order valence-electron chi connectivity index (χ3n) is 5.89. The van der Waals surface area contributed by atoms with Crippen LogP contribution in [0.15, 0.2) is 60.3 Å². The van der Waals surface area contributed by atoms with Gasteiger partial charge in [-0.1, -0.05) is 56.0 Å². The van der Waals surface area contributed by atoms with Crippen molar-refractivity contribution in [1.82, 2.24) is 4.90 Å². The number of halogens is 1. The number of carbonyl (C=O) groups is 2. The minimum absolute atomic E-state index is 0.0744. The van der Waals surface area contributed by atoms with Crippen molar-refractivity contribution >= 4 is 23.1 Å². The molecule has 2 aliphatic rings. The Morgan fingerprint density at radius 1 is 0.862 bits per heavy atom. The number of hydrogen-bond donors (Lipinski definition) is 0. The molecule has 1 aliphatic carbocycles. The van der Waals surface area contributed by atoms with E-state index in [0.29, 0.717) is 16.8 Å². The van der Waals surface area contributed by atoms with E-state index < -0.39 is 0 Å². The molecule has 1 saturated carbocycles. The van der Waals surface area contributed by atoms with Gasteiger partial charge in [-0.2, -0.15) is 0 Å². The SMILES string of the molecule is CN(C1=C(c2ccc(F)cc2)C(=O)N(C2CCCCCC2)C1=O)c1ccccc1. The molecule has 1 heterocycles. The summed E-state index contributed by atoms with van der Waals surface area (Å²) < 4.78 is 13.5. The van der Waals surface area contributed by atoms with Gasteiger partial charge in [-0.15, -0.1) is 0 Å². The highest BCUT2D eigenvalue weighted by Gasteiger charge is 2.44. The zero-order chi connectivity index (χ0) is 20.4. The highest BCUT2D eigenvalue weighted by atomic mass is 19.1. The monoisotopic (exact) mass is 392 g/mol. The minimum Gasteiger partial charge on any atom is -0.339 e. The molecule has 2 amide bonds. The molecule has 1 aliphatic heterocycles. The first-order valence-electron chi connectivity index (χ1n) is 10.2. The number of anilines is 1. The fraction of sp³-hybridized carbons (Fsp3) is 0.333. The van der Waals surface area contributed by atoms with Gasteiger partial charge in [-0.05, 0) is 42.7 Å². The first-order valence-corrected chi connectivity index (χ1v) is 10.2. The molecule has 4 nitrogen and oxygen atoms in total. The lowest BCUT2D eigenvalue weighted by molar-refractivity contribution is -0.139. The second kappa shape index (κ2) is 8.19. The number of imide groups is 1. The Kier molecular flexibility index (Phi) is 5.47. The lowest BCUT2D eigenvalue weighted by Crippen LogP contribution is -2.42. The van der Waals surface area contributed by atoms with E-state index in [1.807, 2.05) is 30.3 Å². The Bertz CT molecular complexity index is 929. The van der Waals surface area contributed by atoms with E-state index >= 15 is 0 Å². The van der Waals surface area contributed by atoms with Crippen LogP contribution in [0, 0.1) is 5.82 Å². The molecule has 2 aromatic carbocycles. The molecule has 0 saturated heterocycles. The predicted octanol–water partition coefficient (Wildman–Crippen LogP) is 4.76. The third kappa shape index (κ3) is 3.69. The second-order valence-electron chi connectivity index (χ2n) is 7.75. The second-order valence-corrected chi connectivity index (χ2v) is 7.75. The maximum atomic E-state index is 13.5. The third-order valence-corrected chi connectivity index (χ3v) is 5.89. The van der Waals surface area contributed by atoms with Crippen molar-refractivity contribution in [1.29, 1.82) is 0 Å². The molecular weight excluding hydrogens is 367 g/mol. The van der Waals surface area contributed by atoms with E-state index in [1.54, 1.807) is 24.1 Å². The maximum absolute atomic E-state index is 13.5. The van der Waals surface area contributed by atoms with Crippen LogP contribution in [0.5, 0.6) is 0 Å². The predicted molar refractivity (Wildman–Crippen MR) is 112 cm³/mol. The van der Waals surface area contributed by atoms with Gasteiger partial charge < -0.3 is 4.90 Å². The summed E-state index contributed by atoms with van der Waals surface area (Å²) in [5.41, 5.74) is 2.10. The van der Waals surface area contributed by atoms with Crippen LogP contribution in [0.4, 0.5) is 10.1 Å². The Labute approximate surface area is 170 Å². The van der Waals surface area contributed by atoms with Crippen LogP contribution in [-0.4, -0.2) is 29.8 Å². The lowest BCUT2D eigenvalue weighted by Gasteiger charge is -2.27. The number of amides is 2. The van der Waals surface area contributed by atoms with Gasteiger partial charge in [0.25, 0.3) is 11.8 Å². The molecular formula is C24H25FN2O2. The van der Waals surface area contributed by atoms with Crippen LogP contribution in [0.3, 0.4) is 0 Å². The molecule has 29 heavy (non-hydrogen) atoms. The van der Waals surface area contributed by atoms with E-state index in [-0.39, 0.29) is 23.7 Å². The largest absolute Gasteiger partial charge is 0.339 e. The number of para-hydroxylation sites is 1. The number of carbonyl (C=O) groups excluding carboxylic acids is 2. The molecule has 0 spiro atoms. The van der Waals surface area contributed by atoms with E-state index in [0.717, 1.165) is 44.2 Å². The lowest BCUT2D eigenvalue weighted by atomic mass is 10.0. The van der Waals surface area contributed by atoms with Crippen molar-refractivity contribution in [2.75, 3.05) is 11.9 Å². The molecule has 2 aromatic rings. The van der Waals surface area contributed by atoms with Crippen molar-refractivity contribution in [3.05, 3.63) is 71.7 Å². The van der Waals surface area contributed by atoms with Gasteiger partial charge in [-0.25, -0.2) is 4.39 Å². The Balaban J connectivity index is 1.79. The van der Waals surface area contributed by atoms with Gasteiger partial charge in [0.15, 0.2) is 0 Å². The van der Waals surface area contributed by atoms with Crippen LogP contribution in [0.1, 0.15) is 44.1 Å². The maximum Gasteiger partial charge on any atom is 0.278 e. The summed E-state index contributed by atoms with van der Waals surface area (Å²) in [6.45, 7) is 0. The number of likely N-dealkylation sites (N-methyl/N-ethyl adjacent to an activating group) is 1. The van der Waals surface area contributed by atoms with E-state index in [1.165, 1.54) is 17.0 Å². The Morgan fingerprint density at radius 3 is 2.10 bits per heavy atom. The van der Waals surface area contributed by atoms with Crippen molar-refractivity contribution in [2.45, 2.75) is 44.6 Å². The zero-order valence-corrected chi connectivity index (χ0v) is 16.6. The molecule has 0 bridgehead atoms. The van der Waals surface area contributed by atoms with Crippen molar-refractivity contribution in [3.63, 3.8) is 0 Å². The Morgan fingerprint density at radius 2 is 1.48 bits per heavy atom. The van der Waals surface area contributed by atoms with Crippen molar-refractivity contribution in [3.8, 4) is 0 Å².